The van der Waals surface area contributed by atoms with Gasteiger partial charge >= 0.3 is 0 Å². The van der Waals surface area contributed by atoms with E-state index in [0.717, 1.165) is 25.3 Å². The van der Waals surface area contributed by atoms with Gasteiger partial charge in [-0.05, 0) is 36.2 Å². The van der Waals surface area contributed by atoms with Gasteiger partial charge in [0.25, 0.3) is 0 Å². The topological polar surface area (TPSA) is 25.2 Å². The summed E-state index contributed by atoms with van der Waals surface area (Å²) < 4.78 is 5.47. The summed E-state index contributed by atoms with van der Waals surface area (Å²) in [6.07, 6.45) is 2.82. The van der Waals surface area contributed by atoms with Crippen molar-refractivity contribution in [2.45, 2.75) is 13.0 Å². The number of rotatable bonds is 1. The first-order valence-corrected chi connectivity index (χ1v) is 5.30. The highest BCUT2D eigenvalue weighted by Crippen LogP contribution is 2.28. The predicted octanol–water partition coefficient (Wildman–Crippen LogP) is 2.59. The monoisotopic (exact) mass is 199 g/mol. The van der Waals surface area contributed by atoms with Crippen molar-refractivity contribution in [1.82, 2.24) is 5.32 Å². The molecule has 0 unspecified atom stereocenters. The lowest BCUT2D eigenvalue weighted by Gasteiger charge is -2.19. The predicted molar refractivity (Wildman–Crippen MR) is 59.6 cm³/mol. The summed E-state index contributed by atoms with van der Waals surface area (Å²) in [6.45, 7) is 2.04. The molecule has 1 aliphatic heterocycles. The smallest absolute Gasteiger partial charge is 0.134 e. The number of nitrogens with one attached hydrogen (secondary N) is 1. The second kappa shape index (κ2) is 3.55. The van der Waals surface area contributed by atoms with Crippen molar-refractivity contribution in [3.05, 3.63) is 47.7 Å². The molecule has 76 valence electrons. The lowest BCUT2D eigenvalue weighted by Crippen LogP contribution is -2.23. The lowest BCUT2D eigenvalue weighted by molar-refractivity contribution is 0.579. The molecule has 0 spiro atoms. The molecule has 0 bridgehead atoms. The average molecular weight is 199 g/mol. The molecule has 1 aromatic heterocycles. The van der Waals surface area contributed by atoms with E-state index >= 15 is 0 Å². The first-order valence-electron chi connectivity index (χ1n) is 5.30. The minimum Gasteiger partial charge on any atom is -0.464 e. The molecule has 0 fully saturated rings. The van der Waals surface area contributed by atoms with E-state index in [2.05, 4.69) is 23.5 Å². The number of furan rings is 1. The molecule has 1 N–H and O–H groups in total. The molecule has 1 aliphatic rings. The van der Waals surface area contributed by atoms with E-state index in [1.165, 1.54) is 16.7 Å². The molecule has 2 aromatic rings. The van der Waals surface area contributed by atoms with Crippen LogP contribution in [0.4, 0.5) is 0 Å². The summed E-state index contributed by atoms with van der Waals surface area (Å²) in [7, 11) is 0. The Kier molecular flexibility index (Phi) is 2.07. The Morgan fingerprint density at radius 2 is 2.13 bits per heavy atom. The van der Waals surface area contributed by atoms with Crippen LogP contribution in [0.3, 0.4) is 0 Å². The van der Waals surface area contributed by atoms with Gasteiger partial charge in [0.05, 0.1) is 6.26 Å². The first kappa shape index (κ1) is 8.74. The molecule has 0 saturated heterocycles. The van der Waals surface area contributed by atoms with Crippen LogP contribution >= 0.6 is 0 Å². The molecule has 0 radical (unpaired) electrons. The summed E-state index contributed by atoms with van der Waals surface area (Å²) in [5.74, 6) is 0.980. The van der Waals surface area contributed by atoms with E-state index in [-0.39, 0.29) is 0 Å². The van der Waals surface area contributed by atoms with Gasteiger partial charge in [0.15, 0.2) is 0 Å². The SMILES string of the molecule is c1coc(-c2cccc3c2CCNC3)c1. The highest BCUT2D eigenvalue weighted by molar-refractivity contribution is 5.64. The Bertz CT molecular complexity index is 459. The van der Waals surface area contributed by atoms with Gasteiger partial charge in [-0.1, -0.05) is 18.2 Å². The fourth-order valence-corrected chi connectivity index (χ4v) is 2.19. The molecule has 15 heavy (non-hydrogen) atoms. The molecule has 1 aromatic carbocycles. The zero-order valence-electron chi connectivity index (χ0n) is 8.49. The summed E-state index contributed by atoms with van der Waals surface area (Å²) in [5.41, 5.74) is 4.08. The Labute approximate surface area is 88.9 Å². The highest BCUT2D eigenvalue weighted by Gasteiger charge is 2.14. The van der Waals surface area contributed by atoms with Crippen LogP contribution in [0.15, 0.2) is 41.0 Å². The van der Waals surface area contributed by atoms with Crippen molar-refractivity contribution >= 4 is 0 Å². The van der Waals surface area contributed by atoms with Crippen LogP contribution in [0.5, 0.6) is 0 Å². The van der Waals surface area contributed by atoms with Gasteiger partial charge in [0.2, 0.25) is 0 Å². The van der Waals surface area contributed by atoms with Crippen molar-refractivity contribution in [3.8, 4) is 11.3 Å². The maximum absolute atomic E-state index is 5.47. The van der Waals surface area contributed by atoms with Crippen molar-refractivity contribution in [2.75, 3.05) is 6.54 Å². The number of hydrogen-bond acceptors (Lipinski definition) is 2. The highest BCUT2D eigenvalue weighted by atomic mass is 16.3. The van der Waals surface area contributed by atoms with Gasteiger partial charge in [0.1, 0.15) is 5.76 Å². The van der Waals surface area contributed by atoms with Crippen LogP contribution in [-0.4, -0.2) is 6.54 Å². The zero-order chi connectivity index (χ0) is 10.1. The van der Waals surface area contributed by atoms with Crippen LogP contribution in [0, 0.1) is 0 Å². The van der Waals surface area contributed by atoms with Crippen LogP contribution in [0.25, 0.3) is 11.3 Å². The normalized spacial score (nSPS) is 14.9. The molecular formula is C13H13NO. The van der Waals surface area contributed by atoms with Gasteiger partial charge in [-0.2, -0.15) is 0 Å². The third kappa shape index (κ3) is 1.47. The van der Waals surface area contributed by atoms with E-state index < -0.39 is 0 Å². The molecule has 0 saturated carbocycles. The fourth-order valence-electron chi connectivity index (χ4n) is 2.19. The Morgan fingerprint density at radius 1 is 1.13 bits per heavy atom. The largest absolute Gasteiger partial charge is 0.464 e. The number of benzene rings is 1. The van der Waals surface area contributed by atoms with Crippen LogP contribution in [0.1, 0.15) is 11.1 Å². The Hall–Kier alpha value is -1.54. The first-order chi connectivity index (χ1) is 7.45. The van der Waals surface area contributed by atoms with Crippen molar-refractivity contribution in [3.63, 3.8) is 0 Å². The Balaban J connectivity index is 2.15. The second-order valence-corrected chi connectivity index (χ2v) is 3.85. The minimum atomic E-state index is 0.976. The summed E-state index contributed by atoms with van der Waals surface area (Å²) in [5, 5.41) is 3.38. The fraction of sp³-hybridized carbons (Fsp3) is 0.231. The number of hydrogen-bond donors (Lipinski definition) is 1. The Morgan fingerprint density at radius 3 is 3.00 bits per heavy atom. The minimum absolute atomic E-state index is 0.976. The van der Waals surface area contributed by atoms with Gasteiger partial charge in [0, 0.05) is 12.1 Å². The van der Waals surface area contributed by atoms with Crippen molar-refractivity contribution in [1.29, 1.82) is 0 Å². The maximum Gasteiger partial charge on any atom is 0.134 e. The third-order valence-electron chi connectivity index (χ3n) is 2.93. The summed E-state index contributed by atoms with van der Waals surface area (Å²) >= 11 is 0. The van der Waals surface area contributed by atoms with E-state index in [1.54, 1.807) is 6.26 Å². The molecule has 3 rings (SSSR count). The standard InChI is InChI=1S/C13H13NO/c1-3-10-9-14-7-6-11(10)12(4-1)13-5-2-8-15-13/h1-5,8,14H,6-7,9H2. The molecule has 0 amide bonds. The molecule has 0 atom stereocenters. The summed E-state index contributed by atoms with van der Waals surface area (Å²) in [4.78, 5) is 0. The van der Waals surface area contributed by atoms with E-state index in [0.29, 0.717) is 0 Å². The van der Waals surface area contributed by atoms with Gasteiger partial charge < -0.3 is 9.73 Å². The van der Waals surface area contributed by atoms with E-state index in [9.17, 15) is 0 Å². The zero-order valence-corrected chi connectivity index (χ0v) is 8.49. The molecular weight excluding hydrogens is 186 g/mol. The number of fused-ring (bicyclic) bond motifs is 1. The third-order valence-corrected chi connectivity index (χ3v) is 2.93. The van der Waals surface area contributed by atoms with Gasteiger partial charge in [-0.15, -0.1) is 0 Å². The molecule has 2 heterocycles. The van der Waals surface area contributed by atoms with Gasteiger partial charge in [-0.3, -0.25) is 0 Å². The quantitative estimate of drug-likeness (QED) is 0.763. The van der Waals surface area contributed by atoms with Crippen LogP contribution in [-0.2, 0) is 13.0 Å². The van der Waals surface area contributed by atoms with Gasteiger partial charge in [-0.25, -0.2) is 0 Å². The summed E-state index contributed by atoms with van der Waals surface area (Å²) in [6, 6.07) is 10.4. The van der Waals surface area contributed by atoms with Crippen molar-refractivity contribution in [2.24, 2.45) is 0 Å². The lowest BCUT2D eigenvalue weighted by atomic mass is 9.94. The maximum atomic E-state index is 5.47. The van der Waals surface area contributed by atoms with Crippen LogP contribution < -0.4 is 5.32 Å². The molecule has 2 heteroatoms. The van der Waals surface area contributed by atoms with Crippen molar-refractivity contribution < 1.29 is 4.42 Å². The molecule has 2 nitrogen and oxygen atoms in total. The molecule has 0 aliphatic carbocycles. The van der Waals surface area contributed by atoms with E-state index in [1.807, 2.05) is 12.1 Å². The second-order valence-electron chi connectivity index (χ2n) is 3.85. The van der Waals surface area contributed by atoms with E-state index in [4.69, 9.17) is 4.42 Å². The average Bonchev–Trinajstić information content (AvgIpc) is 2.82. The van der Waals surface area contributed by atoms with Crippen LogP contribution in [0.2, 0.25) is 0 Å².